The third-order valence-corrected chi connectivity index (χ3v) is 4.18. The van der Waals surface area contributed by atoms with E-state index in [0.717, 1.165) is 10.4 Å². The van der Waals surface area contributed by atoms with Crippen LogP contribution in [-0.2, 0) is 0 Å². The topological polar surface area (TPSA) is 49.3 Å². The highest BCUT2D eigenvalue weighted by atomic mass is 35.5. The van der Waals surface area contributed by atoms with Crippen molar-refractivity contribution in [1.29, 1.82) is 0 Å². The SMILES string of the molecule is Cc1cc(C(=O)Nc2ccccc2Cl)sc1C#CCCO. The van der Waals surface area contributed by atoms with Gasteiger partial charge >= 0.3 is 0 Å². The lowest BCUT2D eigenvalue weighted by Crippen LogP contribution is -2.10. The van der Waals surface area contributed by atoms with Crippen LogP contribution < -0.4 is 5.32 Å². The minimum absolute atomic E-state index is 0.0390. The maximum atomic E-state index is 12.2. The second-order valence-electron chi connectivity index (χ2n) is 4.33. The normalized spacial score (nSPS) is 9.86. The van der Waals surface area contributed by atoms with Gasteiger partial charge in [0.05, 0.1) is 27.1 Å². The summed E-state index contributed by atoms with van der Waals surface area (Å²) in [5, 5.41) is 12.0. The Balaban J connectivity index is 2.16. The van der Waals surface area contributed by atoms with Crippen molar-refractivity contribution >= 4 is 34.5 Å². The fraction of sp³-hybridized carbons (Fsp3) is 0.188. The Morgan fingerprint density at radius 3 is 2.90 bits per heavy atom. The van der Waals surface area contributed by atoms with Crippen LogP contribution in [0.2, 0.25) is 5.02 Å². The van der Waals surface area contributed by atoms with E-state index in [-0.39, 0.29) is 12.5 Å². The molecule has 21 heavy (non-hydrogen) atoms. The molecule has 1 amide bonds. The Morgan fingerprint density at radius 2 is 2.19 bits per heavy atom. The van der Waals surface area contributed by atoms with E-state index in [1.807, 2.05) is 19.1 Å². The molecule has 0 unspecified atom stereocenters. The van der Waals surface area contributed by atoms with Crippen molar-refractivity contribution in [3.8, 4) is 11.8 Å². The molecule has 0 bridgehead atoms. The number of anilines is 1. The first kappa shape index (κ1) is 15.6. The molecule has 2 aromatic rings. The van der Waals surface area contributed by atoms with Crippen molar-refractivity contribution in [1.82, 2.24) is 0 Å². The number of carbonyl (C=O) groups excluding carboxylic acids is 1. The third-order valence-electron chi connectivity index (χ3n) is 2.70. The van der Waals surface area contributed by atoms with Gasteiger partial charge in [-0.3, -0.25) is 4.79 Å². The second kappa shape index (κ2) is 7.28. The molecule has 0 aliphatic heterocycles. The van der Waals surface area contributed by atoms with E-state index < -0.39 is 0 Å². The lowest BCUT2D eigenvalue weighted by Gasteiger charge is -2.04. The van der Waals surface area contributed by atoms with E-state index in [2.05, 4.69) is 17.2 Å². The van der Waals surface area contributed by atoms with Gasteiger partial charge in [-0.05, 0) is 30.7 Å². The molecule has 0 aliphatic carbocycles. The predicted octanol–water partition coefficient (Wildman–Crippen LogP) is 3.70. The van der Waals surface area contributed by atoms with Crippen molar-refractivity contribution in [3.05, 3.63) is 50.7 Å². The zero-order valence-corrected chi connectivity index (χ0v) is 13.0. The third kappa shape index (κ3) is 4.08. The molecule has 1 heterocycles. The largest absolute Gasteiger partial charge is 0.395 e. The van der Waals surface area contributed by atoms with Crippen molar-refractivity contribution < 1.29 is 9.90 Å². The van der Waals surface area contributed by atoms with Crippen LogP contribution in [0, 0.1) is 18.8 Å². The van der Waals surface area contributed by atoms with Gasteiger partial charge in [-0.25, -0.2) is 0 Å². The molecule has 0 radical (unpaired) electrons. The minimum Gasteiger partial charge on any atom is -0.395 e. The highest BCUT2D eigenvalue weighted by Gasteiger charge is 2.12. The first-order valence-electron chi connectivity index (χ1n) is 6.38. The molecular formula is C16H14ClNO2S. The number of aliphatic hydroxyl groups is 1. The first-order valence-corrected chi connectivity index (χ1v) is 7.57. The number of nitrogens with one attached hydrogen (secondary N) is 1. The highest BCUT2D eigenvalue weighted by molar-refractivity contribution is 7.14. The molecule has 0 saturated carbocycles. The van der Waals surface area contributed by atoms with E-state index >= 15 is 0 Å². The zero-order valence-electron chi connectivity index (χ0n) is 11.4. The molecule has 0 saturated heterocycles. The lowest BCUT2D eigenvalue weighted by atomic mass is 10.2. The minimum atomic E-state index is -0.202. The van der Waals surface area contributed by atoms with Crippen molar-refractivity contribution in [2.75, 3.05) is 11.9 Å². The van der Waals surface area contributed by atoms with E-state index in [4.69, 9.17) is 16.7 Å². The summed E-state index contributed by atoms with van der Waals surface area (Å²) >= 11 is 7.35. The van der Waals surface area contributed by atoms with E-state index in [1.54, 1.807) is 18.2 Å². The van der Waals surface area contributed by atoms with Gasteiger partial charge in [0.25, 0.3) is 5.91 Å². The zero-order chi connectivity index (χ0) is 15.2. The average Bonchev–Trinajstić information content (AvgIpc) is 2.83. The molecule has 108 valence electrons. The number of halogens is 1. The summed E-state index contributed by atoms with van der Waals surface area (Å²) in [5.41, 5.74) is 1.54. The van der Waals surface area contributed by atoms with Gasteiger partial charge in [0.2, 0.25) is 0 Å². The number of benzene rings is 1. The molecule has 2 rings (SSSR count). The molecule has 3 nitrogen and oxygen atoms in total. The maximum Gasteiger partial charge on any atom is 0.265 e. The number of aliphatic hydroxyl groups excluding tert-OH is 1. The van der Waals surface area contributed by atoms with Gasteiger partial charge in [0.1, 0.15) is 0 Å². The fourth-order valence-corrected chi connectivity index (χ4v) is 2.79. The smallest absolute Gasteiger partial charge is 0.265 e. The summed E-state index contributed by atoms with van der Waals surface area (Å²) in [6, 6.07) is 8.90. The number of aryl methyl sites for hydroxylation is 1. The molecule has 5 heteroatoms. The Bertz CT molecular complexity index is 713. The van der Waals surface area contributed by atoms with Gasteiger partial charge in [-0.1, -0.05) is 35.6 Å². The van der Waals surface area contributed by atoms with Gasteiger partial charge in [-0.15, -0.1) is 11.3 Å². The lowest BCUT2D eigenvalue weighted by molar-refractivity contribution is 0.103. The molecule has 2 N–H and O–H groups in total. The Kier molecular flexibility index (Phi) is 5.40. The molecule has 0 aliphatic rings. The summed E-state index contributed by atoms with van der Waals surface area (Å²) in [5.74, 6) is 5.63. The first-order chi connectivity index (χ1) is 10.1. The second-order valence-corrected chi connectivity index (χ2v) is 5.79. The number of hydrogen-bond donors (Lipinski definition) is 2. The summed E-state index contributed by atoms with van der Waals surface area (Å²) in [6.07, 6.45) is 0.429. The summed E-state index contributed by atoms with van der Waals surface area (Å²) < 4.78 is 0. The molecular weight excluding hydrogens is 306 g/mol. The van der Waals surface area contributed by atoms with E-state index in [1.165, 1.54) is 11.3 Å². The number of amides is 1. The quantitative estimate of drug-likeness (QED) is 0.848. The standard InChI is InChI=1S/C16H14ClNO2S/c1-11-10-15(21-14(11)8-4-5-9-19)16(20)18-13-7-3-2-6-12(13)17/h2-3,6-7,10,19H,5,9H2,1H3,(H,18,20). The van der Waals surface area contributed by atoms with Crippen LogP contribution in [0.15, 0.2) is 30.3 Å². The maximum absolute atomic E-state index is 12.2. The molecule has 0 atom stereocenters. The van der Waals surface area contributed by atoms with Gasteiger partial charge in [0.15, 0.2) is 0 Å². The number of carbonyl (C=O) groups is 1. The van der Waals surface area contributed by atoms with Crippen LogP contribution in [-0.4, -0.2) is 17.6 Å². The fourth-order valence-electron chi connectivity index (χ4n) is 1.66. The van der Waals surface area contributed by atoms with Crippen LogP contribution in [0.5, 0.6) is 0 Å². The van der Waals surface area contributed by atoms with E-state index in [0.29, 0.717) is 22.0 Å². The number of rotatable bonds is 3. The number of para-hydroxylation sites is 1. The van der Waals surface area contributed by atoms with Crippen LogP contribution in [0.4, 0.5) is 5.69 Å². The summed E-state index contributed by atoms with van der Waals surface area (Å²) in [4.78, 5) is 13.6. The van der Waals surface area contributed by atoms with Crippen molar-refractivity contribution in [2.45, 2.75) is 13.3 Å². The van der Waals surface area contributed by atoms with Crippen LogP contribution in [0.3, 0.4) is 0 Å². The van der Waals surface area contributed by atoms with Gasteiger partial charge in [-0.2, -0.15) is 0 Å². The summed E-state index contributed by atoms with van der Waals surface area (Å²) in [6.45, 7) is 1.95. The Hall–Kier alpha value is -1.80. The van der Waals surface area contributed by atoms with E-state index in [9.17, 15) is 4.79 Å². The van der Waals surface area contributed by atoms with Crippen molar-refractivity contribution in [3.63, 3.8) is 0 Å². The Morgan fingerprint density at radius 1 is 1.43 bits per heavy atom. The molecule has 0 spiro atoms. The molecule has 0 fully saturated rings. The van der Waals surface area contributed by atoms with Crippen LogP contribution >= 0.6 is 22.9 Å². The number of thiophene rings is 1. The Labute approximate surface area is 132 Å². The molecule has 1 aromatic heterocycles. The van der Waals surface area contributed by atoms with Crippen molar-refractivity contribution in [2.24, 2.45) is 0 Å². The monoisotopic (exact) mass is 319 g/mol. The molecule has 1 aromatic carbocycles. The van der Waals surface area contributed by atoms with Crippen LogP contribution in [0.1, 0.15) is 26.5 Å². The number of hydrogen-bond acceptors (Lipinski definition) is 3. The highest BCUT2D eigenvalue weighted by Crippen LogP contribution is 2.25. The van der Waals surface area contributed by atoms with Crippen LogP contribution in [0.25, 0.3) is 0 Å². The summed E-state index contributed by atoms with van der Waals surface area (Å²) in [7, 11) is 0. The van der Waals surface area contributed by atoms with Gasteiger partial charge < -0.3 is 10.4 Å². The predicted molar refractivity (Wildman–Crippen MR) is 87.0 cm³/mol. The average molecular weight is 320 g/mol. The van der Waals surface area contributed by atoms with Gasteiger partial charge in [0, 0.05) is 6.42 Å².